The molecule has 0 aliphatic heterocycles. The summed E-state index contributed by atoms with van der Waals surface area (Å²) in [6, 6.07) is 9.14. The van der Waals surface area contributed by atoms with Crippen LogP contribution in [0.1, 0.15) is 24.2 Å². The van der Waals surface area contributed by atoms with Gasteiger partial charge >= 0.3 is 0 Å². The average Bonchev–Trinajstić information content (AvgIpc) is 2.92. The molecule has 1 aromatic carbocycles. The number of aromatic nitrogens is 3. The second-order valence-corrected chi connectivity index (χ2v) is 5.84. The summed E-state index contributed by atoms with van der Waals surface area (Å²) in [5.41, 5.74) is 1.81. The first-order valence-electron chi connectivity index (χ1n) is 7.21. The summed E-state index contributed by atoms with van der Waals surface area (Å²) in [5.74, 6) is 0.435. The zero-order chi connectivity index (χ0) is 16.4. The van der Waals surface area contributed by atoms with Gasteiger partial charge in [-0.1, -0.05) is 11.6 Å². The number of nitrogens with one attached hydrogen (secondary N) is 2. The molecule has 2 N–H and O–H groups in total. The van der Waals surface area contributed by atoms with E-state index in [-0.39, 0.29) is 11.9 Å². The number of nitrogens with zero attached hydrogens (tertiary/aromatic N) is 3. The van der Waals surface area contributed by atoms with Crippen LogP contribution in [0, 0.1) is 0 Å². The first-order valence-corrected chi connectivity index (χ1v) is 7.58. The van der Waals surface area contributed by atoms with Crippen LogP contribution in [0.2, 0.25) is 5.02 Å². The topological polar surface area (TPSA) is 71.3 Å². The molecule has 0 spiro atoms. The molecule has 0 unspecified atom stereocenters. The third-order valence-electron chi connectivity index (χ3n) is 3.15. The molecule has 7 heteroatoms. The van der Waals surface area contributed by atoms with Crippen LogP contribution in [0.4, 0.5) is 11.5 Å². The van der Waals surface area contributed by atoms with Gasteiger partial charge in [0, 0.05) is 22.9 Å². The van der Waals surface area contributed by atoms with E-state index in [2.05, 4.69) is 20.7 Å². The summed E-state index contributed by atoms with van der Waals surface area (Å²) in [4.78, 5) is 16.7. The number of fused-ring (bicyclic) bond motifs is 1. The summed E-state index contributed by atoms with van der Waals surface area (Å²) < 4.78 is 1.57. The second kappa shape index (κ2) is 6.26. The molecule has 0 bridgehead atoms. The lowest BCUT2D eigenvalue weighted by atomic mass is 10.3. The molecular formula is C16H16ClN5O. The van der Waals surface area contributed by atoms with E-state index < -0.39 is 0 Å². The van der Waals surface area contributed by atoms with E-state index in [4.69, 9.17) is 11.6 Å². The normalized spacial score (nSPS) is 11.0. The maximum atomic E-state index is 12.2. The number of carbonyl (C=O) groups excluding carboxylic acids is 1. The molecule has 6 nitrogen and oxygen atoms in total. The second-order valence-electron chi connectivity index (χ2n) is 5.40. The Morgan fingerprint density at radius 3 is 2.65 bits per heavy atom. The highest BCUT2D eigenvalue weighted by Gasteiger charge is 2.15. The van der Waals surface area contributed by atoms with E-state index in [9.17, 15) is 4.79 Å². The fraction of sp³-hybridized carbons (Fsp3) is 0.188. The molecule has 3 rings (SSSR count). The van der Waals surface area contributed by atoms with Crippen LogP contribution in [0.5, 0.6) is 0 Å². The smallest absolute Gasteiger partial charge is 0.256 e. The number of hydrogen-bond donors (Lipinski definition) is 2. The number of benzene rings is 1. The molecule has 0 radical (unpaired) electrons. The van der Waals surface area contributed by atoms with Gasteiger partial charge in [-0.25, -0.2) is 9.50 Å². The predicted molar refractivity (Wildman–Crippen MR) is 90.3 cm³/mol. The van der Waals surface area contributed by atoms with E-state index in [1.54, 1.807) is 28.9 Å². The Labute approximate surface area is 138 Å². The quantitative estimate of drug-likeness (QED) is 0.770. The largest absolute Gasteiger partial charge is 0.350 e. The van der Waals surface area contributed by atoms with Crippen LogP contribution in [0.15, 0.2) is 42.7 Å². The lowest BCUT2D eigenvalue weighted by molar-refractivity contribution is 0.0944. The molecule has 0 saturated carbocycles. The number of halogens is 1. The van der Waals surface area contributed by atoms with Crippen LogP contribution in [-0.4, -0.2) is 26.5 Å². The Hall–Kier alpha value is -2.60. The van der Waals surface area contributed by atoms with Gasteiger partial charge in [-0.3, -0.25) is 4.79 Å². The highest BCUT2D eigenvalue weighted by atomic mass is 35.5. The summed E-state index contributed by atoms with van der Waals surface area (Å²) in [5, 5.41) is 10.8. The third kappa shape index (κ3) is 3.43. The van der Waals surface area contributed by atoms with Crippen molar-refractivity contribution >= 4 is 34.7 Å². The lowest BCUT2D eigenvalue weighted by Gasteiger charge is -2.08. The maximum absolute atomic E-state index is 12.2. The molecule has 0 fully saturated rings. The Balaban J connectivity index is 1.91. The highest BCUT2D eigenvalue weighted by Crippen LogP contribution is 2.19. The number of hydrogen-bond acceptors (Lipinski definition) is 4. The zero-order valence-corrected chi connectivity index (χ0v) is 13.5. The molecule has 2 heterocycles. The number of rotatable bonds is 4. The molecule has 0 aliphatic carbocycles. The minimum Gasteiger partial charge on any atom is -0.350 e. The van der Waals surface area contributed by atoms with Gasteiger partial charge in [-0.05, 0) is 44.2 Å². The van der Waals surface area contributed by atoms with Gasteiger partial charge in [0.1, 0.15) is 11.4 Å². The van der Waals surface area contributed by atoms with Gasteiger partial charge in [-0.2, -0.15) is 5.10 Å². The van der Waals surface area contributed by atoms with Crippen molar-refractivity contribution < 1.29 is 4.79 Å². The molecular weight excluding hydrogens is 314 g/mol. The van der Waals surface area contributed by atoms with E-state index in [0.717, 1.165) is 5.69 Å². The lowest BCUT2D eigenvalue weighted by Crippen LogP contribution is -2.30. The molecule has 118 valence electrons. The fourth-order valence-corrected chi connectivity index (χ4v) is 2.25. The van der Waals surface area contributed by atoms with Crippen molar-refractivity contribution in [2.24, 2.45) is 0 Å². The summed E-state index contributed by atoms with van der Waals surface area (Å²) in [7, 11) is 0. The highest BCUT2D eigenvalue weighted by molar-refractivity contribution is 6.30. The Morgan fingerprint density at radius 2 is 1.96 bits per heavy atom. The van der Waals surface area contributed by atoms with E-state index in [1.165, 1.54) is 6.20 Å². The maximum Gasteiger partial charge on any atom is 0.256 e. The van der Waals surface area contributed by atoms with Gasteiger partial charge in [0.05, 0.1) is 6.20 Å². The van der Waals surface area contributed by atoms with Crippen molar-refractivity contribution in [1.29, 1.82) is 0 Å². The monoisotopic (exact) mass is 329 g/mol. The molecule has 0 saturated heterocycles. The number of anilines is 2. The first kappa shape index (κ1) is 15.3. The van der Waals surface area contributed by atoms with Gasteiger partial charge in [0.2, 0.25) is 0 Å². The Bertz CT molecular complexity index is 841. The fourth-order valence-electron chi connectivity index (χ4n) is 2.12. The van der Waals surface area contributed by atoms with Gasteiger partial charge in [0.25, 0.3) is 5.91 Å². The van der Waals surface area contributed by atoms with E-state index in [1.807, 2.05) is 26.0 Å². The summed E-state index contributed by atoms with van der Waals surface area (Å²) >= 11 is 5.88. The SMILES string of the molecule is CC(C)NC(=O)c1cnn2ccc(Nc3ccc(Cl)cc3)nc12. The Morgan fingerprint density at radius 1 is 1.22 bits per heavy atom. The average molecular weight is 330 g/mol. The molecule has 0 atom stereocenters. The number of amides is 1. The molecule has 0 aliphatic rings. The first-order chi connectivity index (χ1) is 11.0. The molecule has 1 amide bonds. The molecule has 23 heavy (non-hydrogen) atoms. The van der Waals surface area contributed by atoms with Crippen molar-refractivity contribution in [1.82, 2.24) is 19.9 Å². The third-order valence-corrected chi connectivity index (χ3v) is 3.40. The molecule has 2 aromatic heterocycles. The van der Waals surface area contributed by atoms with Gasteiger partial charge < -0.3 is 10.6 Å². The van der Waals surface area contributed by atoms with Gasteiger partial charge in [0.15, 0.2) is 5.65 Å². The Kier molecular flexibility index (Phi) is 4.16. The van der Waals surface area contributed by atoms with Crippen molar-refractivity contribution in [2.75, 3.05) is 5.32 Å². The van der Waals surface area contributed by atoms with E-state index in [0.29, 0.717) is 22.1 Å². The predicted octanol–water partition coefficient (Wildman–Crippen LogP) is 3.26. The van der Waals surface area contributed by atoms with Crippen LogP contribution in [-0.2, 0) is 0 Å². The summed E-state index contributed by atoms with van der Waals surface area (Å²) in [6.45, 7) is 3.81. The van der Waals surface area contributed by atoms with Crippen LogP contribution >= 0.6 is 11.6 Å². The van der Waals surface area contributed by atoms with Crippen LogP contribution in [0.3, 0.4) is 0 Å². The van der Waals surface area contributed by atoms with Crippen molar-refractivity contribution in [3.63, 3.8) is 0 Å². The van der Waals surface area contributed by atoms with Crippen molar-refractivity contribution in [3.05, 3.63) is 53.3 Å². The summed E-state index contributed by atoms with van der Waals surface area (Å²) in [6.07, 6.45) is 3.28. The zero-order valence-electron chi connectivity index (χ0n) is 12.7. The van der Waals surface area contributed by atoms with Crippen molar-refractivity contribution in [3.8, 4) is 0 Å². The number of carbonyl (C=O) groups is 1. The van der Waals surface area contributed by atoms with Crippen molar-refractivity contribution in [2.45, 2.75) is 19.9 Å². The van der Waals surface area contributed by atoms with Crippen LogP contribution < -0.4 is 10.6 Å². The molecule has 3 aromatic rings. The van der Waals surface area contributed by atoms with Crippen LogP contribution in [0.25, 0.3) is 5.65 Å². The minimum atomic E-state index is -0.189. The van der Waals surface area contributed by atoms with Gasteiger partial charge in [-0.15, -0.1) is 0 Å². The standard InChI is InChI=1S/C16H16ClN5O/c1-10(2)19-16(23)13-9-18-22-8-7-14(21-15(13)22)20-12-5-3-11(17)4-6-12/h3-10H,1-2H3,(H,19,23)(H,20,21). The minimum absolute atomic E-state index is 0.0489. The van der Waals surface area contributed by atoms with E-state index >= 15 is 0 Å².